The Labute approximate surface area is 111 Å². The van der Waals surface area contributed by atoms with E-state index in [0.29, 0.717) is 17.1 Å². The molecule has 0 saturated carbocycles. The van der Waals surface area contributed by atoms with E-state index in [4.69, 9.17) is 16.9 Å². The molecule has 0 unspecified atom stereocenters. The lowest BCUT2D eigenvalue weighted by atomic mass is 10.2. The lowest BCUT2D eigenvalue weighted by Gasteiger charge is -2.08. The molecular formula is C13H13ClN4. The molecule has 0 radical (unpaired) electrons. The van der Waals surface area contributed by atoms with Gasteiger partial charge in [0.15, 0.2) is 0 Å². The van der Waals surface area contributed by atoms with E-state index in [1.54, 1.807) is 18.2 Å². The van der Waals surface area contributed by atoms with Gasteiger partial charge in [-0.2, -0.15) is 10.4 Å². The summed E-state index contributed by atoms with van der Waals surface area (Å²) in [4.78, 5) is 0. The van der Waals surface area contributed by atoms with Crippen LogP contribution in [-0.2, 0) is 13.6 Å². The molecule has 2 rings (SSSR count). The molecule has 0 atom stereocenters. The van der Waals surface area contributed by atoms with Crippen molar-refractivity contribution in [2.45, 2.75) is 13.5 Å². The van der Waals surface area contributed by atoms with Crippen molar-refractivity contribution in [1.29, 1.82) is 5.26 Å². The fourth-order valence-electron chi connectivity index (χ4n) is 1.67. The zero-order valence-corrected chi connectivity index (χ0v) is 11.0. The predicted molar refractivity (Wildman–Crippen MR) is 71.4 cm³/mol. The van der Waals surface area contributed by atoms with Gasteiger partial charge in [-0.05, 0) is 25.1 Å². The molecular weight excluding hydrogens is 248 g/mol. The first-order valence-corrected chi connectivity index (χ1v) is 5.90. The number of hydrogen-bond donors (Lipinski definition) is 1. The fraction of sp³-hybridized carbons (Fsp3) is 0.231. The average molecular weight is 261 g/mol. The number of nitrogens with one attached hydrogen (secondary N) is 1. The molecule has 0 spiro atoms. The number of hydrogen-bond acceptors (Lipinski definition) is 3. The second-order valence-electron chi connectivity index (χ2n) is 4.03. The Bertz CT molecular complexity index is 610. The second-order valence-corrected chi connectivity index (χ2v) is 4.47. The molecule has 2 aromatic rings. The van der Waals surface area contributed by atoms with Gasteiger partial charge in [-0.15, -0.1) is 0 Å². The molecule has 5 heteroatoms. The Morgan fingerprint density at radius 3 is 2.89 bits per heavy atom. The summed E-state index contributed by atoms with van der Waals surface area (Å²) in [6.07, 6.45) is 1.82. The van der Waals surface area contributed by atoms with Crippen molar-refractivity contribution >= 4 is 17.3 Å². The van der Waals surface area contributed by atoms with Gasteiger partial charge in [-0.1, -0.05) is 11.6 Å². The molecule has 0 aliphatic rings. The lowest BCUT2D eigenvalue weighted by molar-refractivity contribution is 0.738. The summed E-state index contributed by atoms with van der Waals surface area (Å²) in [7, 11) is 1.90. The molecule has 1 aromatic carbocycles. The minimum Gasteiger partial charge on any atom is -0.380 e. The van der Waals surface area contributed by atoms with E-state index in [1.165, 1.54) is 0 Å². The summed E-state index contributed by atoms with van der Waals surface area (Å²) in [5.74, 6) is 0. The van der Waals surface area contributed by atoms with E-state index in [1.807, 2.05) is 24.9 Å². The monoisotopic (exact) mass is 260 g/mol. The normalized spacial score (nSPS) is 10.1. The van der Waals surface area contributed by atoms with Crippen LogP contribution in [-0.4, -0.2) is 9.78 Å². The van der Waals surface area contributed by atoms with Crippen LogP contribution in [0.1, 0.15) is 16.8 Å². The van der Waals surface area contributed by atoms with E-state index in [-0.39, 0.29) is 0 Å². The van der Waals surface area contributed by atoms with Crippen LogP contribution in [0.15, 0.2) is 24.4 Å². The molecule has 1 N–H and O–H groups in total. The first-order chi connectivity index (χ1) is 8.61. The summed E-state index contributed by atoms with van der Waals surface area (Å²) in [6, 6.07) is 7.31. The van der Waals surface area contributed by atoms with E-state index >= 15 is 0 Å². The van der Waals surface area contributed by atoms with E-state index in [0.717, 1.165) is 16.9 Å². The van der Waals surface area contributed by atoms with Crippen molar-refractivity contribution in [1.82, 2.24) is 9.78 Å². The third kappa shape index (κ3) is 2.47. The minimum atomic E-state index is 0.584. The SMILES string of the molecule is Cc1c(CNc2cc(Cl)ccc2C#N)cnn1C. The van der Waals surface area contributed by atoms with E-state index < -0.39 is 0 Å². The van der Waals surface area contributed by atoms with Crippen LogP contribution in [0.5, 0.6) is 0 Å². The van der Waals surface area contributed by atoms with Gasteiger partial charge in [0.2, 0.25) is 0 Å². The molecule has 0 aliphatic carbocycles. The van der Waals surface area contributed by atoms with Crippen LogP contribution in [0.3, 0.4) is 0 Å². The van der Waals surface area contributed by atoms with Crippen LogP contribution < -0.4 is 5.32 Å². The summed E-state index contributed by atoms with van der Waals surface area (Å²) in [5.41, 5.74) is 3.53. The summed E-state index contributed by atoms with van der Waals surface area (Å²) in [6.45, 7) is 2.63. The number of aromatic nitrogens is 2. The number of rotatable bonds is 3. The average Bonchev–Trinajstić information content (AvgIpc) is 2.68. The van der Waals surface area contributed by atoms with Crippen LogP contribution in [0.4, 0.5) is 5.69 Å². The molecule has 92 valence electrons. The van der Waals surface area contributed by atoms with Crippen molar-refractivity contribution in [2.75, 3.05) is 5.32 Å². The lowest BCUT2D eigenvalue weighted by Crippen LogP contribution is -2.03. The van der Waals surface area contributed by atoms with Gasteiger partial charge in [-0.25, -0.2) is 0 Å². The molecule has 1 aromatic heterocycles. The number of halogens is 1. The van der Waals surface area contributed by atoms with Gasteiger partial charge >= 0.3 is 0 Å². The molecule has 0 fully saturated rings. The van der Waals surface area contributed by atoms with Gasteiger partial charge in [-0.3, -0.25) is 4.68 Å². The minimum absolute atomic E-state index is 0.584. The van der Waals surface area contributed by atoms with Gasteiger partial charge in [0.25, 0.3) is 0 Å². The maximum Gasteiger partial charge on any atom is 0.101 e. The van der Waals surface area contributed by atoms with E-state index in [9.17, 15) is 0 Å². The molecule has 0 saturated heterocycles. The Balaban J connectivity index is 2.18. The van der Waals surface area contributed by atoms with Crippen molar-refractivity contribution in [2.24, 2.45) is 7.05 Å². The number of nitriles is 1. The van der Waals surface area contributed by atoms with Crippen molar-refractivity contribution in [3.05, 3.63) is 46.2 Å². The Kier molecular flexibility index (Phi) is 3.54. The van der Waals surface area contributed by atoms with Crippen LogP contribution >= 0.6 is 11.6 Å². The first kappa shape index (κ1) is 12.5. The largest absolute Gasteiger partial charge is 0.380 e. The van der Waals surface area contributed by atoms with Crippen LogP contribution in [0.2, 0.25) is 5.02 Å². The van der Waals surface area contributed by atoms with Gasteiger partial charge in [0, 0.05) is 29.9 Å². The predicted octanol–water partition coefficient (Wildman–Crippen LogP) is 2.87. The number of anilines is 1. The topological polar surface area (TPSA) is 53.6 Å². The fourth-order valence-corrected chi connectivity index (χ4v) is 1.84. The highest BCUT2D eigenvalue weighted by atomic mass is 35.5. The zero-order chi connectivity index (χ0) is 13.1. The van der Waals surface area contributed by atoms with Crippen molar-refractivity contribution in [3.63, 3.8) is 0 Å². The highest BCUT2D eigenvalue weighted by Gasteiger charge is 2.06. The molecule has 0 amide bonds. The summed E-state index contributed by atoms with van der Waals surface area (Å²) in [5, 5.41) is 17.0. The Morgan fingerprint density at radius 1 is 1.50 bits per heavy atom. The maximum atomic E-state index is 9.02. The standard InChI is InChI=1S/C13H13ClN4/c1-9-11(8-17-18(9)2)7-16-13-5-12(14)4-3-10(13)6-15/h3-5,8,16H,7H2,1-2H3. The van der Waals surface area contributed by atoms with Crippen LogP contribution in [0, 0.1) is 18.3 Å². The quantitative estimate of drug-likeness (QED) is 0.923. The highest BCUT2D eigenvalue weighted by Crippen LogP contribution is 2.21. The number of nitrogens with zero attached hydrogens (tertiary/aromatic N) is 3. The van der Waals surface area contributed by atoms with Gasteiger partial charge in [0.05, 0.1) is 17.4 Å². The molecule has 4 nitrogen and oxygen atoms in total. The smallest absolute Gasteiger partial charge is 0.101 e. The zero-order valence-electron chi connectivity index (χ0n) is 10.2. The first-order valence-electron chi connectivity index (χ1n) is 5.53. The molecule has 1 heterocycles. The third-order valence-electron chi connectivity index (χ3n) is 2.91. The molecule has 0 aliphatic heterocycles. The van der Waals surface area contributed by atoms with Crippen molar-refractivity contribution < 1.29 is 0 Å². The van der Waals surface area contributed by atoms with Gasteiger partial charge < -0.3 is 5.32 Å². The Hall–Kier alpha value is -1.99. The second kappa shape index (κ2) is 5.11. The summed E-state index contributed by atoms with van der Waals surface area (Å²) < 4.78 is 1.82. The molecule has 0 bridgehead atoms. The number of aryl methyl sites for hydroxylation is 1. The van der Waals surface area contributed by atoms with Crippen LogP contribution in [0.25, 0.3) is 0 Å². The van der Waals surface area contributed by atoms with Gasteiger partial charge in [0.1, 0.15) is 6.07 Å². The number of benzene rings is 1. The highest BCUT2D eigenvalue weighted by molar-refractivity contribution is 6.30. The molecule has 18 heavy (non-hydrogen) atoms. The Morgan fingerprint density at radius 2 is 2.28 bits per heavy atom. The van der Waals surface area contributed by atoms with E-state index in [2.05, 4.69) is 16.5 Å². The maximum absolute atomic E-state index is 9.02. The third-order valence-corrected chi connectivity index (χ3v) is 3.14. The summed E-state index contributed by atoms with van der Waals surface area (Å²) >= 11 is 5.93. The van der Waals surface area contributed by atoms with Crippen molar-refractivity contribution in [3.8, 4) is 6.07 Å².